The number of fused-ring (bicyclic) bond motifs is 3. The van der Waals surface area contributed by atoms with Crippen molar-refractivity contribution in [3.8, 4) is 11.1 Å². The zero-order chi connectivity index (χ0) is 32.9. The second-order valence-electron chi connectivity index (χ2n) is 11.8. The fourth-order valence-corrected chi connectivity index (χ4v) is 6.92. The summed E-state index contributed by atoms with van der Waals surface area (Å²) >= 11 is 0. The Morgan fingerprint density at radius 1 is 0.729 bits per heavy atom. The number of rotatable bonds is 10. The smallest absolute Gasteiger partial charge is 0.407 e. The molecule has 238 valence electrons. The molecule has 48 heavy (non-hydrogen) atoms. The van der Waals surface area contributed by atoms with Gasteiger partial charge in [-0.1, -0.05) is 140 Å². The Hall–Kier alpha value is -5.99. The molecule has 1 heterocycles. The summed E-state index contributed by atoms with van der Waals surface area (Å²) in [5.74, 6) is -0.912. The molecule has 3 N–H and O–H groups in total. The number of hydrogen-bond donors (Lipinski definition) is 3. The molecule has 0 saturated heterocycles. The Bertz CT molecular complexity index is 1890. The van der Waals surface area contributed by atoms with Gasteiger partial charge in [0.05, 0.1) is 12.0 Å². The number of alkyl carbamates (subject to hydrolysis) is 1. The highest BCUT2D eigenvalue weighted by molar-refractivity contribution is 5.85. The number of carbonyl (C=O) groups excluding carboxylic acids is 2. The minimum atomic E-state index is -1.14. The highest BCUT2D eigenvalue weighted by atomic mass is 16.5. The van der Waals surface area contributed by atoms with Crippen molar-refractivity contribution in [3.63, 3.8) is 0 Å². The van der Waals surface area contributed by atoms with Gasteiger partial charge in [-0.05, 0) is 38.9 Å². The van der Waals surface area contributed by atoms with Gasteiger partial charge in [-0.3, -0.25) is 10.0 Å². The summed E-state index contributed by atoms with van der Waals surface area (Å²) < 4.78 is 7.73. The molecule has 7 rings (SSSR count). The molecule has 0 unspecified atom stereocenters. The molecule has 0 fully saturated rings. The summed E-state index contributed by atoms with van der Waals surface area (Å²) in [5.41, 5.74) is 8.90. The monoisotopic (exact) mass is 634 g/mol. The lowest BCUT2D eigenvalue weighted by Gasteiger charge is -2.37. The third-order valence-electron chi connectivity index (χ3n) is 9.07. The Morgan fingerprint density at radius 2 is 1.21 bits per heavy atom. The second kappa shape index (κ2) is 13.4. The topological polar surface area (TPSA) is 105 Å². The molecular weight excluding hydrogens is 600 g/mol. The van der Waals surface area contributed by atoms with E-state index in [1.807, 2.05) is 102 Å². The summed E-state index contributed by atoms with van der Waals surface area (Å²) in [7, 11) is 0. The SMILES string of the molecule is O=C(N[C@@H](Cc1cn(C(c2ccccc2)(c2ccccc2)c2ccccc2)cn1)C(=O)NO)OCC1c2ccccc2-c2ccccc21. The van der Waals surface area contributed by atoms with Gasteiger partial charge in [0.2, 0.25) is 0 Å². The maximum atomic E-state index is 13.1. The van der Waals surface area contributed by atoms with E-state index in [0.717, 1.165) is 38.9 Å². The number of carbonyl (C=O) groups is 2. The van der Waals surface area contributed by atoms with Crippen molar-refractivity contribution in [2.45, 2.75) is 23.9 Å². The first kappa shape index (κ1) is 30.7. The lowest BCUT2D eigenvalue weighted by Crippen LogP contribution is -2.47. The van der Waals surface area contributed by atoms with Crippen LogP contribution in [0.4, 0.5) is 4.79 Å². The molecule has 0 spiro atoms. The van der Waals surface area contributed by atoms with Crippen molar-refractivity contribution >= 4 is 12.0 Å². The molecule has 8 nitrogen and oxygen atoms in total. The van der Waals surface area contributed by atoms with Crippen LogP contribution in [-0.4, -0.2) is 39.4 Å². The van der Waals surface area contributed by atoms with Crippen LogP contribution in [0.15, 0.2) is 152 Å². The maximum absolute atomic E-state index is 13.1. The lowest BCUT2D eigenvalue weighted by atomic mass is 9.77. The van der Waals surface area contributed by atoms with Crippen LogP contribution in [0.25, 0.3) is 11.1 Å². The van der Waals surface area contributed by atoms with E-state index in [1.165, 1.54) is 0 Å². The van der Waals surface area contributed by atoms with E-state index in [-0.39, 0.29) is 18.9 Å². The average molecular weight is 635 g/mol. The molecule has 1 aliphatic carbocycles. The van der Waals surface area contributed by atoms with Crippen molar-refractivity contribution in [3.05, 3.63) is 186 Å². The predicted octanol–water partition coefficient (Wildman–Crippen LogP) is 6.68. The first-order chi connectivity index (χ1) is 23.6. The average Bonchev–Trinajstić information content (AvgIpc) is 3.74. The van der Waals surface area contributed by atoms with Crippen LogP contribution < -0.4 is 10.8 Å². The molecule has 1 aliphatic rings. The van der Waals surface area contributed by atoms with Crippen LogP contribution in [0.5, 0.6) is 0 Å². The minimum absolute atomic E-state index is 0.0119. The van der Waals surface area contributed by atoms with Gasteiger partial charge in [0.15, 0.2) is 0 Å². The number of nitrogens with one attached hydrogen (secondary N) is 2. The lowest BCUT2D eigenvalue weighted by molar-refractivity contribution is -0.131. The summed E-state index contributed by atoms with van der Waals surface area (Å²) in [4.78, 5) is 30.7. The number of amides is 2. The minimum Gasteiger partial charge on any atom is -0.449 e. The zero-order valence-electron chi connectivity index (χ0n) is 26.1. The summed E-state index contributed by atoms with van der Waals surface area (Å²) in [6, 6.07) is 45.5. The Kier molecular flexibility index (Phi) is 8.55. The molecule has 5 aromatic carbocycles. The summed E-state index contributed by atoms with van der Waals surface area (Å²) in [6.45, 7) is 0.0930. The van der Waals surface area contributed by atoms with E-state index < -0.39 is 23.6 Å². The van der Waals surface area contributed by atoms with Crippen LogP contribution in [0.3, 0.4) is 0 Å². The molecule has 6 aromatic rings. The molecule has 0 bridgehead atoms. The molecule has 8 heteroatoms. The molecule has 1 atom stereocenters. The van der Waals surface area contributed by atoms with E-state index >= 15 is 0 Å². The van der Waals surface area contributed by atoms with Crippen molar-refractivity contribution in [1.82, 2.24) is 20.3 Å². The Balaban J connectivity index is 1.15. The number of imidazole rings is 1. The van der Waals surface area contributed by atoms with Crippen molar-refractivity contribution in [2.75, 3.05) is 6.61 Å². The largest absolute Gasteiger partial charge is 0.449 e. The zero-order valence-corrected chi connectivity index (χ0v) is 26.1. The molecule has 2 amide bonds. The maximum Gasteiger partial charge on any atom is 0.407 e. The molecule has 0 radical (unpaired) electrons. The molecule has 1 aromatic heterocycles. The number of hydroxylamine groups is 1. The van der Waals surface area contributed by atoms with Gasteiger partial charge in [-0.2, -0.15) is 0 Å². The van der Waals surface area contributed by atoms with E-state index in [9.17, 15) is 14.8 Å². The number of ether oxygens (including phenoxy) is 1. The molecule has 0 saturated carbocycles. The number of aromatic nitrogens is 2. The van der Waals surface area contributed by atoms with Crippen molar-refractivity contribution < 1.29 is 19.5 Å². The number of benzene rings is 5. The van der Waals surface area contributed by atoms with Crippen LogP contribution in [-0.2, 0) is 21.5 Å². The summed E-state index contributed by atoms with van der Waals surface area (Å²) in [6.07, 6.45) is 2.86. The van der Waals surface area contributed by atoms with E-state index in [4.69, 9.17) is 9.72 Å². The third-order valence-corrected chi connectivity index (χ3v) is 9.07. The molecule has 0 aliphatic heterocycles. The van der Waals surface area contributed by atoms with E-state index in [0.29, 0.717) is 5.69 Å². The van der Waals surface area contributed by atoms with Crippen LogP contribution in [0.1, 0.15) is 39.4 Å². The Morgan fingerprint density at radius 3 is 1.71 bits per heavy atom. The van der Waals surface area contributed by atoms with Crippen molar-refractivity contribution in [1.29, 1.82) is 0 Å². The Labute approximate surface area is 278 Å². The third kappa shape index (κ3) is 5.63. The fourth-order valence-electron chi connectivity index (χ4n) is 6.92. The standard InChI is InChI=1S/C40H34N4O4/c45-38(43-47)37(42-39(46)48-26-36-34-22-12-10-20-32(34)33-21-11-13-23-35(33)36)24-31-25-44(27-41-31)40(28-14-4-1-5-15-28,29-16-6-2-7-17-29)30-18-8-3-9-19-30/h1-23,25,27,36-37,47H,24,26H2,(H,42,46)(H,43,45)/t37-/m0/s1. The van der Waals surface area contributed by atoms with Crippen LogP contribution in [0, 0.1) is 0 Å². The fraction of sp³-hybridized carbons (Fsp3) is 0.125. The van der Waals surface area contributed by atoms with E-state index in [1.54, 1.807) is 11.8 Å². The van der Waals surface area contributed by atoms with Crippen LogP contribution >= 0.6 is 0 Å². The van der Waals surface area contributed by atoms with Gasteiger partial charge in [-0.15, -0.1) is 0 Å². The van der Waals surface area contributed by atoms with Gasteiger partial charge >= 0.3 is 6.09 Å². The first-order valence-electron chi connectivity index (χ1n) is 15.8. The van der Waals surface area contributed by atoms with Gasteiger partial charge < -0.3 is 14.6 Å². The number of nitrogens with zero attached hydrogens (tertiary/aromatic N) is 2. The molecular formula is C40H34N4O4. The van der Waals surface area contributed by atoms with Gasteiger partial charge in [-0.25, -0.2) is 15.3 Å². The highest BCUT2D eigenvalue weighted by Gasteiger charge is 2.38. The second-order valence-corrected chi connectivity index (χ2v) is 11.8. The quantitative estimate of drug-likeness (QED) is 0.0886. The normalized spacial score (nSPS) is 12.9. The summed E-state index contributed by atoms with van der Waals surface area (Å²) in [5, 5.41) is 12.2. The van der Waals surface area contributed by atoms with Gasteiger partial charge in [0, 0.05) is 18.5 Å². The predicted molar refractivity (Wildman–Crippen MR) is 182 cm³/mol. The van der Waals surface area contributed by atoms with E-state index in [2.05, 4.69) is 53.8 Å². The van der Waals surface area contributed by atoms with Gasteiger partial charge in [0.25, 0.3) is 5.91 Å². The first-order valence-corrected chi connectivity index (χ1v) is 15.8. The van der Waals surface area contributed by atoms with Crippen LogP contribution in [0.2, 0.25) is 0 Å². The van der Waals surface area contributed by atoms with Gasteiger partial charge in [0.1, 0.15) is 18.2 Å². The number of hydrogen-bond acceptors (Lipinski definition) is 5. The van der Waals surface area contributed by atoms with Crippen molar-refractivity contribution in [2.24, 2.45) is 0 Å². The highest BCUT2D eigenvalue weighted by Crippen LogP contribution is 2.44.